The van der Waals surface area contributed by atoms with Crippen molar-refractivity contribution in [3.63, 3.8) is 0 Å². The van der Waals surface area contributed by atoms with Crippen LogP contribution >= 0.6 is 0 Å². The van der Waals surface area contributed by atoms with Gasteiger partial charge in [-0.1, -0.05) is 6.92 Å². The molecular formula is C16H26N2O3. The highest BCUT2D eigenvalue weighted by Crippen LogP contribution is 2.31. The molecule has 2 N–H and O–H groups in total. The van der Waals surface area contributed by atoms with Gasteiger partial charge >= 0.3 is 0 Å². The fourth-order valence-corrected chi connectivity index (χ4v) is 2.76. The Labute approximate surface area is 127 Å². The molecule has 1 aliphatic rings. The fourth-order valence-electron chi connectivity index (χ4n) is 2.76. The van der Waals surface area contributed by atoms with Crippen LogP contribution in [-0.2, 0) is 4.74 Å². The lowest BCUT2D eigenvalue weighted by molar-refractivity contribution is -0.0410. The summed E-state index contributed by atoms with van der Waals surface area (Å²) in [5.41, 5.74) is 7.38. The molecule has 1 aliphatic heterocycles. The molecular weight excluding hydrogens is 268 g/mol. The largest absolute Gasteiger partial charge is 0.497 e. The van der Waals surface area contributed by atoms with Gasteiger partial charge in [-0.05, 0) is 25.1 Å². The van der Waals surface area contributed by atoms with Crippen LogP contribution in [0.2, 0.25) is 0 Å². The van der Waals surface area contributed by atoms with Crippen LogP contribution in [0.5, 0.6) is 11.5 Å². The number of benzene rings is 1. The van der Waals surface area contributed by atoms with Crippen LogP contribution in [0.4, 0.5) is 0 Å². The smallest absolute Gasteiger partial charge is 0.127 e. The van der Waals surface area contributed by atoms with Gasteiger partial charge in [-0.3, -0.25) is 4.90 Å². The normalized spacial score (nSPS) is 21.0. The number of nitrogens with two attached hydrogens (primary N) is 1. The lowest BCUT2D eigenvalue weighted by atomic mass is 9.99. The van der Waals surface area contributed by atoms with Gasteiger partial charge in [0.15, 0.2) is 0 Å². The third-order valence-electron chi connectivity index (χ3n) is 3.92. The van der Waals surface area contributed by atoms with Gasteiger partial charge in [0.25, 0.3) is 0 Å². The van der Waals surface area contributed by atoms with E-state index in [-0.39, 0.29) is 12.1 Å². The molecule has 2 unspecified atom stereocenters. The van der Waals surface area contributed by atoms with Crippen LogP contribution in [0.3, 0.4) is 0 Å². The molecule has 5 nitrogen and oxygen atoms in total. The van der Waals surface area contributed by atoms with Crippen molar-refractivity contribution in [3.05, 3.63) is 23.8 Å². The number of morpholine rings is 1. The zero-order valence-electron chi connectivity index (χ0n) is 13.2. The Hall–Kier alpha value is -1.30. The second kappa shape index (κ2) is 7.64. The molecule has 2 rings (SSSR count). The van der Waals surface area contributed by atoms with E-state index in [1.54, 1.807) is 14.2 Å². The van der Waals surface area contributed by atoms with Gasteiger partial charge < -0.3 is 19.9 Å². The van der Waals surface area contributed by atoms with Crippen molar-refractivity contribution < 1.29 is 14.2 Å². The highest BCUT2D eigenvalue weighted by atomic mass is 16.5. The summed E-state index contributed by atoms with van der Waals surface area (Å²) in [6.45, 7) is 5.86. The molecule has 1 aromatic carbocycles. The van der Waals surface area contributed by atoms with Crippen LogP contribution < -0.4 is 15.2 Å². The van der Waals surface area contributed by atoms with Gasteiger partial charge in [-0.2, -0.15) is 0 Å². The summed E-state index contributed by atoms with van der Waals surface area (Å²) in [7, 11) is 3.29. The number of hydrogen-bond acceptors (Lipinski definition) is 5. The topological polar surface area (TPSA) is 57.0 Å². The van der Waals surface area contributed by atoms with Crippen LogP contribution in [-0.4, -0.2) is 51.5 Å². The van der Waals surface area contributed by atoms with Crippen molar-refractivity contribution in [2.24, 2.45) is 5.73 Å². The third-order valence-corrected chi connectivity index (χ3v) is 3.92. The lowest BCUT2D eigenvalue weighted by Crippen LogP contribution is -2.47. The summed E-state index contributed by atoms with van der Waals surface area (Å²) in [4.78, 5) is 2.41. The second-order valence-electron chi connectivity index (χ2n) is 5.34. The van der Waals surface area contributed by atoms with Crippen molar-refractivity contribution in [2.45, 2.75) is 25.5 Å². The monoisotopic (exact) mass is 294 g/mol. The Bertz CT molecular complexity index is 451. The van der Waals surface area contributed by atoms with Gasteiger partial charge in [0, 0.05) is 24.7 Å². The molecule has 0 aromatic heterocycles. The summed E-state index contributed by atoms with van der Waals surface area (Å²) in [5.74, 6) is 1.51. The van der Waals surface area contributed by atoms with Gasteiger partial charge in [0.05, 0.1) is 33.0 Å². The molecule has 0 spiro atoms. The van der Waals surface area contributed by atoms with Crippen molar-refractivity contribution in [2.75, 3.05) is 40.5 Å². The van der Waals surface area contributed by atoms with Gasteiger partial charge in [0.2, 0.25) is 0 Å². The number of hydrogen-bond donors (Lipinski definition) is 1. The Balaban J connectivity index is 2.13. The van der Waals surface area contributed by atoms with Gasteiger partial charge in [-0.25, -0.2) is 0 Å². The first-order chi connectivity index (χ1) is 10.2. The summed E-state index contributed by atoms with van der Waals surface area (Å²) < 4.78 is 16.5. The predicted octanol–water partition coefficient (Wildman–Crippen LogP) is 1.81. The molecule has 118 valence electrons. The number of rotatable bonds is 6. The minimum atomic E-state index is -0.203. The molecule has 2 atom stereocenters. The molecule has 1 heterocycles. The van der Waals surface area contributed by atoms with Crippen molar-refractivity contribution in [1.82, 2.24) is 4.90 Å². The highest BCUT2D eigenvalue weighted by Gasteiger charge is 2.28. The Morgan fingerprint density at radius 1 is 1.38 bits per heavy atom. The fraction of sp³-hybridized carbons (Fsp3) is 0.625. The first kappa shape index (κ1) is 16.1. The molecule has 5 heteroatoms. The summed E-state index contributed by atoms with van der Waals surface area (Å²) in [6.07, 6.45) is 1.14. The van der Waals surface area contributed by atoms with E-state index in [1.807, 2.05) is 18.2 Å². The maximum Gasteiger partial charge on any atom is 0.127 e. The minimum Gasteiger partial charge on any atom is -0.497 e. The van der Waals surface area contributed by atoms with E-state index in [0.717, 1.165) is 49.7 Å². The lowest BCUT2D eigenvalue weighted by Gasteiger charge is -2.36. The van der Waals surface area contributed by atoms with Crippen molar-refractivity contribution in [1.29, 1.82) is 0 Å². The molecule has 1 aromatic rings. The van der Waals surface area contributed by atoms with E-state index < -0.39 is 0 Å². The van der Waals surface area contributed by atoms with Crippen LogP contribution in [0.25, 0.3) is 0 Å². The molecule has 0 aliphatic carbocycles. The van der Waals surface area contributed by atoms with E-state index in [2.05, 4.69) is 11.8 Å². The van der Waals surface area contributed by atoms with Crippen molar-refractivity contribution >= 4 is 0 Å². The van der Waals surface area contributed by atoms with E-state index in [9.17, 15) is 0 Å². The quantitative estimate of drug-likeness (QED) is 0.867. The maximum absolute atomic E-state index is 6.42. The maximum atomic E-state index is 6.42. The third kappa shape index (κ3) is 3.87. The molecule has 0 amide bonds. The molecule has 0 saturated carbocycles. The van der Waals surface area contributed by atoms with Crippen LogP contribution in [0.15, 0.2) is 18.2 Å². The zero-order valence-corrected chi connectivity index (χ0v) is 13.2. The number of methoxy groups -OCH3 is 2. The van der Waals surface area contributed by atoms with Crippen molar-refractivity contribution in [3.8, 4) is 11.5 Å². The average molecular weight is 294 g/mol. The van der Waals surface area contributed by atoms with E-state index in [4.69, 9.17) is 19.9 Å². The Kier molecular flexibility index (Phi) is 5.85. The van der Waals surface area contributed by atoms with Gasteiger partial charge in [-0.15, -0.1) is 0 Å². The summed E-state index contributed by atoms with van der Waals surface area (Å²) >= 11 is 0. The summed E-state index contributed by atoms with van der Waals surface area (Å²) in [5, 5.41) is 0. The predicted molar refractivity (Wildman–Crippen MR) is 82.9 cm³/mol. The van der Waals surface area contributed by atoms with Gasteiger partial charge in [0.1, 0.15) is 11.5 Å². The van der Waals surface area contributed by atoms with Crippen LogP contribution in [0, 0.1) is 0 Å². The first-order valence-corrected chi connectivity index (χ1v) is 7.51. The average Bonchev–Trinajstić information content (AvgIpc) is 2.54. The molecule has 21 heavy (non-hydrogen) atoms. The molecule has 1 fully saturated rings. The first-order valence-electron chi connectivity index (χ1n) is 7.51. The van der Waals surface area contributed by atoms with E-state index in [1.165, 1.54) is 0 Å². The number of ether oxygens (including phenoxy) is 3. The minimum absolute atomic E-state index is 0.00686. The zero-order chi connectivity index (χ0) is 15.2. The second-order valence-corrected chi connectivity index (χ2v) is 5.34. The highest BCUT2D eigenvalue weighted by molar-refractivity contribution is 5.42. The SMILES string of the molecule is CCCN1CCOC(C(N)c2ccc(OC)cc2OC)C1. The molecule has 1 saturated heterocycles. The van der Waals surface area contributed by atoms with Crippen LogP contribution in [0.1, 0.15) is 24.9 Å². The number of nitrogens with zero attached hydrogens (tertiary/aromatic N) is 1. The Morgan fingerprint density at radius 2 is 2.19 bits per heavy atom. The Morgan fingerprint density at radius 3 is 2.86 bits per heavy atom. The summed E-state index contributed by atoms with van der Waals surface area (Å²) in [6, 6.07) is 5.53. The molecule has 0 bridgehead atoms. The molecule has 0 radical (unpaired) electrons. The van der Waals surface area contributed by atoms with E-state index in [0.29, 0.717) is 0 Å². The van der Waals surface area contributed by atoms with E-state index >= 15 is 0 Å². The standard InChI is InChI=1S/C16H26N2O3/c1-4-7-18-8-9-21-15(11-18)16(17)13-6-5-12(19-2)10-14(13)20-3/h5-6,10,15-16H,4,7-9,11,17H2,1-3H3.